The topological polar surface area (TPSA) is 59.6 Å². The van der Waals surface area contributed by atoms with Gasteiger partial charge in [0, 0.05) is 25.5 Å². The van der Waals surface area contributed by atoms with Crippen LogP contribution in [0.4, 0.5) is 0 Å². The van der Waals surface area contributed by atoms with Gasteiger partial charge in [-0.15, -0.1) is 0 Å². The highest BCUT2D eigenvalue weighted by Gasteiger charge is 2.35. The van der Waals surface area contributed by atoms with Gasteiger partial charge in [0.15, 0.2) is 6.10 Å². The Morgan fingerprint density at radius 1 is 1.41 bits per heavy atom. The Morgan fingerprint density at radius 2 is 2.18 bits per heavy atom. The number of amides is 1. The van der Waals surface area contributed by atoms with E-state index in [1.807, 2.05) is 24.3 Å². The summed E-state index contributed by atoms with van der Waals surface area (Å²) in [4.78, 5) is 12.4. The van der Waals surface area contributed by atoms with Gasteiger partial charge in [0.2, 0.25) is 0 Å². The average molecular weight is 304 g/mol. The standard InChI is InChI=1S/C17H24N2O3/c1-21-12-17(6-8-18-9-7-17)11-19-16(20)15-10-13-4-2-3-5-14(13)22-15/h2-5,15,18H,6-12H2,1H3,(H,19,20). The van der Waals surface area contributed by atoms with Crippen molar-refractivity contribution in [3.8, 4) is 5.75 Å². The number of carbonyl (C=O) groups is 1. The van der Waals surface area contributed by atoms with E-state index in [1.54, 1.807) is 7.11 Å². The number of ether oxygens (including phenoxy) is 2. The lowest BCUT2D eigenvalue weighted by molar-refractivity contribution is -0.128. The quantitative estimate of drug-likeness (QED) is 0.856. The average Bonchev–Trinajstić information content (AvgIpc) is 2.98. The number of carbonyl (C=O) groups excluding carboxylic acids is 1. The Morgan fingerprint density at radius 3 is 2.91 bits per heavy atom. The Labute approximate surface area is 131 Å². The van der Waals surface area contributed by atoms with Crippen LogP contribution < -0.4 is 15.4 Å². The van der Waals surface area contributed by atoms with E-state index in [2.05, 4.69) is 10.6 Å². The molecule has 1 aromatic rings. The molecule has 0 bridgehead atoms. The van der Waals surface area contributed by atoms with E-state index in [0.717, 1.165) is 37.2 Å². The molecule has 5 nitrogen and oxygen atoms in total. The van der Waals surface area contributed by atoms with Crippen molar-refractivity contribution in [3.63, 3.8) is 0 Å². The summed E-state index contributed by atoms with van der Waals surface area (Å²) in [6, 6.07) is 7.84. The molecule has 1 amide bonds. The maximum atomic E-state index is 12.4. The summed E-state index contributed by atoms with van der Waals surface area (Å²) in [5.41, 5.74) is 1.15. The van der Waals surface area contributed by atoms with Crippen LogP contribution in [-0.4, -0.2) is 45.4 Å². The second kappa shape index (κ2) is 6.67. The number of para-hydroxylation sites is 1. The number of hydrogen-bond donors (Lipinski definition) is 2. The van der Waals surface area contributed by atoms with E-state index in [9.17, 15) is 4.79 Å². The van der Waals surface area contributed by atoms with Crippen LogP contribution in [0.2, 0.25) is 0 Å². The Hall–Kier alpha value is -1.59. The molecule has 0 aliphatic carbocycles. The molecule has 1 unspecified atom stereocenters. The summed E-state index contributed by atoms with van der Waals surface area (Å²) in [7, 11) is 1.72. The second-order valence-corrected chi connectivity index (χ2v) is 6.32. The molecular weight excluding hydrogens is 280 g/mol. The van der Waals surface area contributed by atoms with Crippen LogP contribution in [0, 0.1) is 5.41 Å². The van der Waals surface area contributed by atoms with Crippen LogP contribution >= 0.6 is 0 Å². The monoisotopic (exact) mass is 304 g/mol. The predicted molar refractivity (Wildman–Crippen MR) is 84.0 cm³/mol. The molecule has 1 saturated heterocycles. The van der Waals surface area contributed by atoms with Gasteiger partial charge in [-0.05, 0) is 37.6 Å². The number of rotatable bonds is 5. The highest BCUT2D eigenvalue weighted by molar-refractivity contribution is 5.82. The normalized spacial score (nSPS) is 22.7. The van der Waals surface area contributed by atoms with Crippen molar-refractivity contribution in [2.24, 2.45) is 5.41 Å². The Balaban J connectivity index is 1.56. The van der Waals surface area contributed by atoms with Crippen LogP contribution in [0.1, 0.15) is 18.4 Å². The number of methoxy groups -OCH3 is 1. The summed E-state index contributed by atoms with van der Waals surface area (Å²) in [5.74, 6) is 0.807. The van der Waals surface area contributed by atoms with Crippen LogP contribution in [0.3, 0.4) is 0 Å². The van der Waals surface area contributed by atoms with Crippen LogP contribution in [0.15, 0.2) is 24.3 Å². The Kier molecular flexibility index (Phi) is 4.64. The first-order valence-electron chi connectivity index (χ1n) is 7.94. The van der Waals surface area contributed by atoms with Gasteiger partial charge >= 0.3 is 0 Å². The van der Waals surface area contributed by atoms with Crippen LogP contribution in [0.25, 0.3) is 0 Å². The molecule has 1 aromatic carbocycles. The molecule has 0 aromatic heterocycles. The molecule has 1 fully saturated rings. The van der Waals surface area contributed by atoms with Crippen molar-refractivity contribution in [2.45, 2.75) is 25.4 Å². The molecule has 0 saturated carbocycles. The van der Waals surface area contributed by atoms with E-state index in [4.69, 9.17) is 9.47 Å². The molecule has 5 heteroatoms. The van der Waals surface area contributed by atoms with Gasteiger partial charge in [0.25, 0.3) is 5.91 Å². The molecule has 2 aliphatic heterocycles. The zero-order chi connectivity index (χ0) is 15.4. The van der Waals surface area contributed by atoms with Gasteiger partial charge in [0.1, 0.15) is 5.75 Å². The zero-order valence-corrected chi connectivity index (χ0v) is 13.1. The molecule has 2 heterocycles. The third-order valence-electron chi connectivity index (χ3n) is 4.69. The summed E-state index contributed by atoms with van der Waals surface area (Å²) >= 11 is 0. The summed E-state index contributed by atoms with van der Waals surface area (Å²) in [6.45, 7) is 3.29. The van der Waals surface area contributed by atoms with Crippen molar-refractivity contribution >= 4 is 5.91 Å². The fraction of sp³-hybridized carbons (Fsp3) is 0.588. The molecule has 0 spiro atoms. The second-order valence-electron chi connectivity index (χ2n) is 6.32. The summed E-state index contributed by atoms with van der Waals surface area (Å²) in [5, 5.41) is 6.44. The van der Waals surface area contributed by atoms with Gasteiger partial charge in [-0.3, -0.25) is 4.79 Å². The number of hydrogen-bond acceptors (Lipinski definition) is 4. The molecule has 2 N–H and O–H groups in total. The fourth-order valence-corrected chi connectivity index (χ4v) is 3.35. The number of nitrogens with one attached hydrogen (secondary N) is 2. The number of benzene rings is 1. The third kappa shape index (κ3) is 3.25. The summed E-state index contributed by atoms with van der Waals surface area (Å²) < 4.78 is 11.1. The van der Waals surface area contributed by atoms with E-state index in [0.29, 0.717) is 19.6 Å². The fourth-order valence-electron chi connectivity index (χ4n) is 3.35. The number of fused-ring (bicyclic) bond motifs is 1. The van der Waals surface area contributed by atoms with Crippen molar-refractivity contribution in [2.75, 3.05) is 33.4 Å². The van der Waals surface area contributed by atoms with Crippen LogP contribution in [-0.2, 0) is 16.0 Å². The first-order chi connectivity index (χ1) is 10.7. The molecule has 0 radical (unpaired) electrons. The molecule has 2 aliphatic rings. The van der Waals surface area contributed by atoms with E-state index < -0.39 is 6.10 Å². The smallest absolute Gasteiger partial charge is 0.261 e. The first kappa shape index (κ1) is 15.3. The molecular formula is C17H24N2O3. The maximum Gasteiger partial charge on any atom is 0.261 e. The van der Waals surface area contributed by atoms with Crippen molar-refractivity contribution in [1.82, 2.24) is 10.6 Å². The van der Waals surface area contributed by atoms with Crippen molar-refractivity contribution in [1.29, 1.82) is 0 Å². The van der Waals surface area contributed by atoms with E-state index in [1.165, 1.54) is 0 Å². The zero-order valence-electron chi connectivity index (χ0n) is 13.1. The van der Waals surface area contributed by atoms with E-state index >= 15 is 0 Å². The van der Waals surface area contributed by atoms with Gasteiger partial charge in [-0.25, -0.2) is 0 Å². The third-order valence-corrected chi connectivity index (χ3v) is 4.69. The van der Waals surface area contributed by atoms with Gasteiger partial charge in [0.05, 0.1) is 6.61 Å². The Bertz CT molecular complexity index is 496. The minimum atomic E-state index is -0.404. The minimum Gasteiger partial charge on any atom is -0.480 e. The van der Waals surface area contributed by atoms with Gasteiger partial charge < -0.3 is 20.1 Å². The molecule has 1 atom stereocenters. The lowest BCUT2D eigenvalue weighted by Gasteiger charge is -2.37. The number of piperidine rings is 1. The molecule has 3 rings (SSSR count). The minimum absolute atomic E-state index is 0.0230. The van der Waals surface area contributed by atoms with Gasteiger partial charge in [-0.2, -0.15) is 0 Å². The SMILES string of the molecule is COCC1(CNC(=O)C2Cc3ccccc3O2)CCNCC1. The largest absolute Gasteiger partial charge is 0.480 e. The first-order valence-corrected chi connectivity index (χ1v) is 7.94. The lowest BCUT2D eigenvalue weighted by Crippen LogP contribution is -2.49. The van der Waals surface area contributed by atoms with E-state index in [-0.39, 0.29) is 11.3 Å². The lowest BCUT2D eigenvalue weighted by atomic mass is 9.79. The predicted octanol–water partition coefficient (Wildman–Crippen LogP) is 1.12. The molecule has 22 heavy (non-hydrogen) atoms. The maximum absolute atomic E-state index is 12.4. The highest BCUT2D eigenvalue weighted by Crippen LogP contribution is 2.30. The van der Waals surface area contributed by atoms with Crippen molar-refractivity contribution < 1.29 is 14.3 Å². The highest BCUT2D eigenvalue weighted by atomic mass is 16.5. The summed E-state index contributed by atoms with van der Waals surface area (Å²) in [6.07, 6.45) is 2.29. The molecule has 120 valence electrons. The van der Waals surface area contributed by atoms with Crippen molar-refractivity contribution in [3.05, 3.63) is 29.8 Å². The van der Waals surface area contributed by atoms with Crippen LogP contribution in [0.5, 0.6) is 5.75 Å². The van der Waals surface area contributed by atoms with Gasteiger partial charge in [-0.1, -0.05) is 18.2 Å².